The molecular weight excluding hydrogens is 353 g/mol. The van der Waals surface area contributed by atoms with E-state index < -0.39 is 18.1 Å². The fraction of sp³-hybridized carbons (Fsp3) is 0.538. The van der Waals surface area contributed by atoms with Crippen LogP contribution < -0.4 is 4.90 Å². The van der Waals surface area contributed by atoms with Gasteiger partial charge in [-0.2, -0.15) is 13.2 Å². The molecule has 1 saturated heterocycles. The third-order valence-electron chi connectivity index (χ3n) is 3.42. The first-order chi connectivity index (χ1) is 9.82. The van der Waals surface area contributed by atoms with Gasteiger partial charge in [-0.1, -0.05) is 0 Å². The van der Waals surface area contributed by atoms with Crippen molar-refractivity contribution in [2.45, 2.75) is 19.0 Å². The zero-order valence-corrected chi connectivity index (χ0v) is 12.9. The number of hydrogen-bond donors (Lipinski definition) is 0. The van der Waals surface area contributed by atoms with Crippen molar-refractivity contribution in [3.63, 3.8) is 0 Å². The number of piperidine rings is 1. The van der Waals surface area contributed by atoms with E-state index in [2.05, 4.69) is 25.7 Å². The second-order valence-electron chi connectivity index (χ2n) is 4.84. The topological polar surface area (TPSA) is 42.4 Å². The lowest BCUT2D eigenvalue weighted by atomic mass is 9.97. The number of carbonyl (C=O) groups excluding carboxylic acids is 1. The number of nitrogens with zero attached hydrogens (tertiary/aromatic N) is 2. The Balaban J connectivity index is 2.31. The van der Waals surface area contributed by atoms with Crippen LogP contribution in [0.3, 0.4) is 0 Å². The van der Waals surface area contributed by atoms with E-state index in [1.165, 1.54) is 24.3 Å². The lowest BCUT2D eigenvalue weighted by Gasteiger charge is -2.35. The van der Waals surface area contributed by atoms with E-state index in [-0.39, 0.29) is 24.3 Å². The first-order valence-electron chi connectivity index (χ1n) is 6.38. The van der Waals surface area contributed by atoms with Crippen molar-refractivity contribution in [1.29, 1.82) is 0 Å². The molecule has 0 spiro atoms. The Bertz CT molecular complexity index is 537. The molecule has 2 rings (SSSR count). The first-order valence-corrected chi connectivity index (χ1v) is 7.17. The van der Waals surface area contributed by atoms with Crippen LogP contribution >= 0.6 is 15.9 Å². The van der Waals surface area contributed by atoms with Gasteiger partial charge >= 0.3 is 12.1 Å². The van der Waals surface area contributed by atoms with Crippen LogP contribution in [0.2, 0.25) is 0 Å². The molecule has 0 radical (unpaired) electrons. The predicted octanol–water partition coefficient (Wildman–Crippen LogP) is 3.41. The van der Waals surface area contributed by atoms with E-state index in [4.69, 9.17) is 0 Å². The molecular formula is C13H14BrF3N2O2. The predicted molar refractivity (Wildman–Crippen MR) is 74.3 cm³/mol. The molecule has 1 aromatic heterocycles. The number of carbonyl (C=O) groups is 1. The summed E-state index contributed by atoms with van der Waals surface area (Å²) < 4.78 is 43.9. The molecule has 116 valence electrons. The quantitative estimate of drug-likeness (QED) is 0.752. The Morgan fingerprint density at radius 3 is 2.86 bits per heavy atom. The van der Waals surface area contributed by atoms with Crippen molar-refractivity contribution >= 4 is 27.7 Å². The van der Waals surface area contributed by atoms with Gasteiger partial charge in [0.25, 0.3) is 0 Å². The van der Waals surface area contributed by atoms with Crippen LogP contribution in [0, 0.1) is 5.92 Å². The number of pyridine rings is 1. The fourth-order valence-electron chi connectivity index (χ4n) is 2.38. The summed E-state index contributed by atoms with van der Waals surface area (Å²) in [5, 5.41) is 0. The molecule has 0 N–H and O–H groups in total. The normalized spacial score (nSPS) is 19.5. The van der Waals surface area contributed by atoms with Crippen LogP contribution in [0.4, 0.5) is 19.0 Å². The van der Waals surface area contributed by atoms with Crippen molar-refractivity contribution in [2.75, 3.05) is 25.1 Å². The summed E-state index contributed by atoms with van der Waals surface area (Å²) in [6.45, 7) is 0.243. The molecule has 0 amide bonds. The number of aromatic nitrogens is 1. The first kappa shape index (κ1) is 16.1. The highest BCUT2D eigenvalue weighted by Crippen LogP contribution is 2.35. The lowest BCUT2D eigenvalue weighted by molar-refractivity contribution is -0.176. The molecule has 0 bridgehead atoms. The molecule has 0 aliphatic carbocycles. The maximum Gasteiger partial charge on any atom is 0.393 e. The van der Waals surface area contributed by atoms with E-state index in [0.717, 1.165) is 0 Å². The number of alkyl halides is 3. The molecule has 0 aromatic carbocycles. The summed E-state index contributed by atoms with van der Waals surface area (Å²) >= 11 is 3.19. The summed E-state index contributed by atoms with van der Waals surface area (Å²) in [6.07, 6.45) is -2.27. The Labute approximate surface area is 128 Å². The molecule has 1 unspecified atom stereocenters. The van der Waals surface area contributed by atoms with Crippen molar-refractivity contribution in [3.05, 3.63) is 22.3 Å². The zero-order valence-electron chi connectivity index (χ0n) is 11.3. The van der Waals surface area contributed by atoms with Crippen LogP contribution in [0.25, 0.3) is 0 Å². The average molecular weight is 367 g/mol. The van der Waals surface area contributed by atoms with Crippen molar-refractivity contribution in [1.82, 2.24) is 4.98 Å². The van der Waals surface area contributed by atoms with Crippen molar-refractivity contribution in [3.8, 4) is 0 Å². The number of anilines is 1. The van der Waals surface area contributed by atoms with Gasteiger partial charge in [-0.25, -0.2) is 9.78 Å². The van der Waals surface area contributed by atoms with Crippen LogP contribution in [0.15, 0.2) is 16.7 Å². The number of ether oxygens (including phenoxy) is 1. The second kappa shape index (κ2) is 6.21. The number of hydrogen-bond acceptors (Lipinski definition) is 4. The van der Waals surface area contributed by atoms with Crippen molar-refractivity contribution in [2.24, 2.45) is 5.92 Å². The highest BCUT2D eigenvalue weighted by molar-refractivity contribution is 9.10. The SMILES string of the molecule is COC(=O)c1cc(Br)cnc1N1CCCC(C(F)(F)F)C1. The van der Waals surface area contributed by atoms with E-state index in [9.17, 15) is 18.0 Å². The minimum Gasteiger partial charge on any atom is -0.465 e. The number of methoxy groups -OCH3 is 1. The summed E-state index contributed by atoms with van der Waals surface area (Å²) in [5.74, 6) is -1.78. The summed E-state index contributed by atoms with van der Waals surface area (Å²) in [6, 6.07) is 1.51. The van der Waals surface area contributed by atoms with Crippen LogP contribution in [0.1, 0.15) is 23.2 Å². The second-order valence-corrected chi connectivity index (χ2v) is 5.76. The number of rotatable bonds is 2. The third kappa shape index (κ3) is 3.66. The van der Waals surface area contributed by atoms with Crippen LogP contribution in [-0.4, -0.2) is 37.3 Å². The Hall–Kier alpha value is -1.31. The molecule has 1 atom stereocenters. The summed E-state index contributed by atoms with van der Waals surface area (Å²) in [7, 11) is 1.22. The molecule has 8 heteroatoms. The smallest absolute Gasteiger partial charge is 0.393 e. The minimum atomic E-state index is -4.24. The van der Waals surface area contributed by atoms with Gasteiger partial charge in [0.2, 0.25) is 0 Å². The molecule has 1 aromatic rings. The zero-order chi connectivity index (χ0) is 15.6. The monoisotopic (exact) mass is 366 g/mol. The van der Waals surface area contributed by atoms with Crippen LogP contribution in [0.5, 0.6) is 0 Å². The summed E-state index contributed by atoms with van der Waals surface area (Å²) in [4.78, 5) is 17.4. The van der Waals surface area contributed by atoms with Gasteiger partial charge in [-0.05, 0) is 34.8 Å². The molecule has 4 nitrogen and oxygen atoms in total. The molecule has 1 fully saturated rings. The van der Waals surface area contributed by atoms with E-state index in [1.54, 1.807) is 0 Å². The van der Waals surface area contributed by atoms with E-state index >= 15 is 0 Å². The van der Waals surface area contributed by atoms with E-state index in [1.807, 2.05) is 0 Å². The fourth-order valence-corrected chi connectivity index (χ4v) is 2.71. The lowest BCUT2D eigenvalue weighted by Crippen LogP contribution is -2.42. The van der Waals surface area contributed by atoms with Gasteiger partial charge in [0.15, 0.2) is 0 Å². The summed E-state index contributed by atoms with van der Waals surface area (Å²) in [5.41, 5.74) is 0.162. The van der Waals surface area contributed by atoms with Crippen molar-refractivity contribution < 1.29 is 22.7 Å². The highest BCUT2D eigenvalue weighted by Gasteiger charge is 2.42. The Kier molecular flexibility index (Phi) is 4.75. The number of esters is 1. The molecule has 2 heterocycles. The van der Waals surface area contributed by atoms with Gasteiger partial charge < -0.3 is 9.64 Å². The number of halogens is 4. The minimum absolute atomic E-state index is 0.101. The van der Waals surface area contributed by atoms with Crippen LogP contribution in [-0.2, 0) is 4.74 Å². The third-order valence-corrected chi connectivity index (χ3v) is 3.86. The van der Waals surface area contributed by atoms with Gasteiger partial charge in [-0.3, -0.25) is 0 Å². The molecule has 0 saturated carbocycles. The van der Waals surface area contributed by atoms with Gasteiger partial charge in [0.05, 0.1) is 13.0 Å². The average Bonchev–Trinajstić information content (AvgIpc) is 2.45. The van der Waals surface area contributed by atoms with Gasteiger partial charge in [0.1, 0.15) is 11.4 Å². The van der Waals surface area contributed by atoms with Gasteiger partial charge in [0, 0.05) is 23.8 Å². The largest absolute Gasteiger partial charge is 0.465 e. The molecule has 21 heavy (non-hydrogen) atoms. The maximum atomic E-state index is 12.9. The maximum absolute atomic E-state index is 12.9. The standard InChI is InChI=1S/C13H14BrF3N2O2/c1-21-12(20)10-5-9(14)6-18-11(10)19-4-2-3-8(7-19)13(15,16)17/h5-6,8H,2-4,7H2,1H3. The Morgan fingerprint density at radius 1 is 1.52 bits per heavy atom. The van der Waals surface area contributed by atoms with Gasteiger partial charge in [-0.15, -0.1) is 0 Å². The Morgan fingerprint density at radius 2 is 2.24 bits per heavy atom. The molecule has 1 aliphatic rings. The molecule has 1 aliphatic heterocycles. The highest BCUT2D eigenvalue weighted by atomic mass is 79.9. The van der Waals surface area contributed by atoms with E-state index in [0.29, 0.717) is 17.4 Å².